The van der Waals surface area contributed by atoms with Crippen molar-refractivity contribution in [1.82, 2.24) is 0 Å². The Kier molecular flexibility index (Phi) is 7.48. The zero-order chi connectivity index (χ0) is 14.8. The average molecular weight is 289 g/mol. The van der Waals surface area contributed by atoms with Gasteiger partial charge in [0.2, 0.25) is 0 Å². The van der Waals surface area contributed by atoms with E-state index in [0.717, 1.165) is 31.2 Å². The molecule has 0 saturated heterocycles. The normalized spacial score (nSPS) is 15.9. The van der Waals surface area contributed by atoms with E-state index in [1.807, 2.05) is 0 Å². The molecule has 118 valence electrons. The first kappa shape index (κ1) is 16.2. The topological polar surface area (TPSA) is 21.3 Å². The lowest BCUT2D eigenvalue weighted by atomic mass is 9.87. The smallest absolute Gasteiger partial charge is 0.119 e. The van der Waals surface area contributed by atoms with Crippen LogP contribution in [0.3, 0.4) is 0 Å². The zero-order valence-corrected chi connectivity index (χ0v) is 13.6. The van der Waals surface area contributed by atoms with Crippen LogP contribution in [-0.2, 0) is 0 Å². The van der Waals surface area contributed by atoms with Crippen LogP contribution >= 0.6 is 0 Å². The molecule has 0 heterocycles. The summed E-state index contributed by atoms with van der Waals surface area (Å²) in [6.45, 7) is 4.15. The maximum absolute atomic E-state index is 5.73. The second-order valence-corrected chi connectivity index (χ2v) is 6.30. The standard InChI is InChI=1S/C19H31NO/c1-2-3-7-16-21-19-12-10-18(11-13-19)20-15-14-17-8-5-4-6-9-17/h10-13,17,20H,2-9,14-16H2,1H3. The highest BCUT2D eigenvalue weighted by Crippen LogP contribution is 2.26. The molecule has 0 amide bonds. The van der Waals surface area contributed by atoms with Crippen LogP contribution in [-0.4, -0.2) is 13.2 Å². The molecule has 21 heavy (non-hydrogen) atoms. The molecule has 1 aromatic carbocycles. The van der Waals surface area contributed by atoms with E-state index in [2.05, 4.69) is 36.5 Å². The number of hydrogen-bond donors (Lipinski definition) is 1. The molecule has 1 saturated carbocycles. The average Bonchev–Trinajstić information content (AvgIpc) is 2.54. The van der Waals surface area contributed by atoms with E-state index in [9.17, 15) is 0 Å². The fraction of sp³-hybridized carbons (Fsp3) is 0.684. The van der Waals surface area contributed by atoms with Crippen LogP contribution in [0.2, 0.25) is 0 Å². The minimum absolute atomic E-state index is 0.836. The summed E-state index contributed by atoms with van der Waals surface area (Å²) in [5, 5.41) is 3.54. The molecule has 2 rings (SSSR count). The molecule has 0 spiro atoms. The molecular formula is C19H31NO. The molecule has 0 aliphatic heterocycles. The summed E-state index contributed by atoms with van der Waals surface area (Å²) in [6, 6.07) is 8.43. The van der Waals surface area contributed by atoms with Crippen molar-refractivity contribution in [3.8, 4) is 5.75 Å². The van der Waals surface area contributed by atoms with Crippen LogP contribution in [0.4, 0.5) is 5.69 Å². The fourth-order valence-electron chi connectivity index (χ4n) is 3.11. The van der Waals surface area contributed by atoms with Crippen LogP contribution in [0.1, 0.15) is 64.7 Å². The molecule has 1 aliphatic rings. The number of hydrogen-bond acceptors (Lipinski definition) is 2. The molecule has 2 nitrogen and oxygen atoms in total. The quantitative estimate of drug-likeness (QED) is 0.594. The lowest BCUT2D eigenvalue weighted by molar-refractivity contribution is 0.306. The largest absolute Gasteiger partial charge is 0.494 e. The molecule has 1 fully saturated rings. The summed E-state index contributed by atoms with van der Waals surface area (Å²) in [5.41, 5.74) is 1.21. The first-order chi connectivity index (χ1) is 10.4. The minimum atomic E-state index is 0.836. The van der Waals surface area contributed by atoms with Gasteiger partial charge in [-0.1, -0.05) is 51.9 Å². The summed E-state index contributed by atoms with van der Waals surface area (Å²) >= 11 is 0. The second-order valence-electron chi connectivity index (χ2n) is 6.30. The van der Waals surface area contributed by atoms with Crippen molar-refractivity contribution in [1.29, 1.82) is 0 Å². The molecule has 1 aliphatic carbocycles. The molecule has 2 heteroatoms. The van der Waals surface area contributed by atoms with Gasteiger partial charge in [0.15, 0.2) is 0 Å². The summed E-state index contributed by atoms with van der Waals surface area (Å²) in [4.78, 5) is 0. The van der Waals surface area contributed by atoms with Gasteiger partial charge in [0, 0.05) is 12.2 Å². The summed E-state index contributed by atoms with van der Waals surface area (Å²) in [6.07, 6.45) is 12.2. The fourth-order valence-corrected chi connectivity index (χ4v) is 3.11. The lowest BCUT2D eigenvalue weighted by Gasteiger charge is -2.21. The van der Waals surface area contributed by atoms with Crippen molar-refractivity contribution in [3.05, 3.63) is 24.3 Å². The predicted octanol–water partition coefficient (Wildman–Crippen LogP) is 5.64. The van der Waals surface area contributed by atoms with Crippen molar-refractivity contribution in [2.45, 2.75) is 64.7 Å². The van der Waals surface area contributed by atoms with Crippen molar-refractivity contribution >= 4 is 5.69 Å². The minimum Gasteiger partial charge on any atom is -0.494 e. The molecule has 1 N–H and O–H groups in total. The van der Waals surface area contributed by atoms with Crippen molar-refractivity contribution in [2.75, 3.05) is 18.5 Å². The van der Waals surface area contributed by atoms with E-state index in [0.29, 0.717) is 0 Å². The van der Waals surface area contributed by atoms with Crippen molar-refractivity contribution < 1.29 is 4.74 Å². The van der Waals surface area contributed by atoms with Gasteiger partial charge in [0.1, 0.15) is 5.75 Å². The molecular weight excluding hydrogens is 258 g/mol. The first-order valence-corrected chi connectivity index (χ1v) is 8.85. The molecule has 0 unspecified atom stereocenters. The molecule has 0 bridgehead atoms. The number of nitrogens with one attached hydrogen (secondary N) is 1. The maximum Gasteiger partial charge on any atom is 0.119 e. The number of anilines is 1. The first-order valence-electron chi connectivity index (χ1n) is 8.85. The van der Waals surface area contributed by atoms with Gasteiger partial charge >= 0.3 is 0 Å². The Morgan fingerprint density at radius 1 is 1.05 bits per heavy atom. The molecule has 0 radical (unpaired) electrons. The van der Waals surface area contributed by atoms with E-state index in [-0.39, 0.29) is 0 Å². The highest BCUT2D eigenvalue weighted by Gasteiger charge is 2.12. The predicted molar refractivity (Wildman–Crippen MR) is 91.1 cm³/mol. The Labute approximate surface area is 130 Å². The Morgan fingerprint density at radius 3 is 2.52 bits per heavy atom. The van der Waals surface area contributed by atoms with Crippen molar-refractivity contribution in [3.63, 3.8) is 0 Å². The molecule has 1 aromatic rings. The van der Waals surface area contributed by atoms with Gasteiger partial charge < -0.3 is 10.1 Å². The Bertz CT molecular complexity index is 368. The highest BCUT2D eigenvalue weighted by molar-refractivity contribution is 5.46. The van der Waals surface area contributed by atoms with Crippen LogP contribution in [0.15, 0.2) is 24.3 Å². The van der Waals surface area contributed by atoms with Crippen LogP contribution in [0.5, 0.6) is 5.75 Å². The van der Waals surface area contributed by atoms with E-state index in [4.69, 9.17) is 4.74 Å². The molecule has 0 aromatic heterocycles. The Hall–Kier alpha value is -1.18. The van der Waals surface area contributed by atoms with Gasteiger partial charge in [-0.15, -0.1) is 0 Å². The second kappa shape index (κ2) is 9.70. The van der Waals surface area contributed by atoms with E-state index < -0.39 is 0 Å². The highest BCUT2D eigenvalue weighted by atomic mass is 16.5. The monoisotopic (exact) mass is 289 g/mol. The Balaban J connectivity index is 1.62. The Morgan fingerprint density at radius 2 is 1.81 bits per heavy atom. The number of benzene rings is 1. The number of unbranched alkanes of at least 4 members (excludes halogenated alkanes) is 2. The summed E-state index contributed by atoms with van der Waals surface area (Å²) in [7, 11) is 0. The van der Waals surface area contributed by atoms with Gasteiger partial charge in [0.25, 0.3) is 0 Å². The summed E-state index contributed by atoms with van der Waals surface area (Å²) in [5.74, 6) is 1.94. The van der Waals surface area contributed by atoms with Gasteiger partial charge in [-0.05, 0) is 43.0 Å². The molecule has 0 atom stereocenters. The third-order valence-corrected chi connectivity index (χ3v) is 4.48. The van der Waals surface area contributed by atoms with E-state index in [1.54, 1.807) is 0 Å². The van der Waals surface area contributed by atoms with Crippen LogP contribution in [0, 0.1) is 5.92 Å². The van der Waals surface area contributed by atoms with E-state index in [1.165, 1.54) is 57.1 Å². The third kappa shape index (κ3) is 6.41. The lowest BCUT2D eigenvalue weighted by Crippen LogP contribution is -2.12. The van der Waals surface area contributed by atoms with Crippen molar-refractivity contribution in [2.24, 2.45) is 5.92 Å². The van der Waals surface area contributed by atoms with Gasteiger partial charge in [-0.2, -0.15) is 0 Å². The van der Waals surface area contributed by atoms with Gasteiger partial charge in [-0.25, -0.2) is 0 Å². The summed E-state index contributed by atoms with van der Waals surface area (Å²) < 4.78 is 5.73. The van der Waals surface area contributed by atoms with E-state index >= 15 is 0 Å². The SMILES string of the molecule is CCCCCOc1ccc(NCCC2CCCCC2)cc1. The van der Waals surface area contributed by atoms with Gasteiger partial charge in [-0.3, -0.25) is 0 Å². The van der Waals surface area contributed by atoms with Crippen LogP contribution in [0.25, 0.3) is 0 Å². The number of ether oxygens (including phenoxy) is 1. The van der Waals surface area contributed by atoms with Crippen LogP contribution < -0.4 is 10.1 Å². The van der Waals surface area contributed by atoms with Gasteiger partial charge in [0.05, 0.1) is 6.61 Å². The maximum atomic E-state index is 5.73. The third-order valence-electron chi connectivity index (χ3n) is 4.48. The zero-order valence-electron chi connectivity index (χ0n) is 13.6. The number of rotatable bonds is 9.